The summed E-state index contributed by atoms with van der Waals surface area (Å²) in [5.41, 5.74) is 7.40. The molecule has 0 radical (unpaired) electrons. The molecule has 0 fully saturated rings. The van der Waals surface area contributed by atoms with E-state index >= 15 is 0 Å². The van der Waals surface area contributed by atoms with Crippen molar-refractivity contribution in [2.24, 2.45) is 5.73 Å². The number of hydrogen-bond donors (Lipinski definition) is 1. The van der Waals surface area contributed by atoms with Gasteiger partial charge in [0.05, 0.1) is 0 Å². The van der Waals surface area contributed by atoms with Crippen LogP contribution in [0.15, 0.2) is 40.9 Å². The van der Waals surface area contributed by atoms with Crippen LogP contribution in [0.1, 0.15) is 21.5 Å². The second-order valence-corrected chi connectivity index (χ2v) is 5.28. The number of nitrogens with two attached hydrogens (primary N) is 1. The van der Waals surface area contributed by atoms with Gasteiger partial charge < -0.3 is 10.5 Å². The number of aryl methyl sites for hydroxylation is 1. The third kappa shape index (κ3) is 3.36. The largest absolute Gasteiger partial charge is 0.486 e. The molecule has 2 aromatic carbocycles. The van der Waals surface area contributed by atoms with Crippen molar-refractivity contribution < 1.29 is 13.9 Å². The highest BCUT2D eigenvalue weighted by Gasteiger charge is 2.07. The van der Waals surface area contributed by atoms with Gasteiger partial charge in [-0.3, -0.25) is 4.79 Å². The molecule has 0 heterocycles. The van der Waals surface area contributed by atoms with Crippen molar-refractivity contribution >= 4 is 21.8 Å². The number of carbonyl (C=O) groups is 1. The third-order valence-corrected chi connectivity index (χ3v) is 3.40. The molecule has 20 heavy (non-hydrogen) atoms. The van der Waals surface area contributed by atoms with E-state index in [2.05, 4.69) is 15.9 Å². The lowest BCUT2D eigenvalue weighted by Gasteiger charge is -2.10. The van der Waals surface area contributed by atoms with Gasteiger partial charge in [-0.15, -0.1) is 0 Å². The lowest BCUT2D eigenvalue weighted by atomic mass is 10.1. The summed E-state index contributed by atoms with van der Waals surface area (Å²) < 4.78 is 19.7. The van der Waals surface area contributed by atoms with Crippen LogP contribution in [0, 0.1) is 12.7 Å². The van der Waals surface area contributed by atoms with Crippen LogP contribution in [0.25, 0.3) is 0 Å². The zero-order valence-electron chi connectivity index (χ0n) is 10.8. The van der Waals surface area contributed by atoms with Crippen LogP contribution in [-0.4, -0.2) is 5.91 Å². The van der Waals surface area contributed by atoms with Crippen molar-refractivity contribution in [3.05, 3.63) is 63.4 Å². The summed E-state index contributed by atoms with van der Waals surface area (Å²) in [6.45, 7) is 2.07. The lowest BCUT2D eigenvalue weighted by Crippen LogP contribution is -2.11. The molecule has 0 bridgehead atoms. The van der Waals surface area contributed by atoms with Crippen molar-refractivity contribution in [3.8, 4) is 5.75 Å². The minimum absolute atomic E-state index is 0.178. The molecule has 2 aromatic rings. The molecule has 3 nitrogen and oxygen atoms in total. The Labute approximate surface area is 124 Å². The van der Waals surface area contributed by atoms with Crippen LogP contribution in [0.3, 0.4) is 0 Å². The Morgan fingerprint density at radius 1 is 1.30 bits per heavy atom. The number of carbonyl (C=O) groups excluding carboxylic acids is 1. The maximum atomic E-state index is 13.5. The van der Waals surface area contributed by atoms with Gasteiger partial charge in [-0.05, 0) is 48.4 Å². The van der Waals surface area contributed by atoms with E-state index < -0.39 is 11.7 Å². The minimum atomic E-state index is -0.474. The van der Waals surface area contributed by atoms with Crippen LogP contribution < -0.4 is 10.5 Å². The maximum absolute atomic E-state index is 13.5. The first-order valence-electron chi connectivity index (χ1n) is 5.94. The molecule has 0 spiro atoms. The first kappa shape index (κ1) is 14.5. The van der Waals surface area contributed by atoms with Gasteiger partial charge >= 0.3 is 0 Å². The molecule has 0 aliphatic carbocycles. The zero-order chi connectivity index (χ0) is 14.7. The van der Waals surface area contributed by atoms with E-state index in [1.165, 1.54) is 6.07 Å². The van der Waals surface area contributed by atoms with Crippen molar-refractivity contribution in [3.63, 3.8) is 0 Å². The highest BCUT2D eigenvalue weighted by molar-refractivity contribution is 9.10. The Morgan fingerprint density at radius 3 is 2.70 bits per heavy atom. The lowest BCUT2D eigenvalue weighted by molar-refractivity contribution is 0.1000. The molecular weight excluding hydrogens is 325 g/mol. The van der Waals surface area contributed by atoms with Crippen molar-refractivity contribution in [1.82, 2.24) is 0 Å². The van der Waals surface area contributed by atoms with Gasteiger partial charge in [0.2, 0.25) is 5.91 Å². The second kappa shape index (κ2) is 6.05. The standard InChI is InChI=1S/C15H13BrFNO2/c1-9-6-10(15(18)19)2-3-11(9)8-20-14-7-12(16)4-5-13(14)17/h2-7H,8H2,1H3,(H2,18,19). The van der Waals surface area contributed by atoms with E-state index in [4.69, 9.17) is 10.5 Å². The maximum Gasteiger partial charge on any atom is 0.248 e. The van der Waals surface area contributed by atoms with E-state index in [1.54, 1.807) is 30.3 Å². The average Bonchev–Trinajstić information content (AvgIpc) is 2.40. The molecule has 0 unspecified atom stereocenters. The number of halogens is 2. The summed E-state index contributed by atoms with van der Waals surface area (Å²) >= 11 is 3.26. The molecular formula is C15H13BrFNO2. The number of primary amides is 1. The van der Waals surface area contributed by atoms with Crippen molar-refractivity contribution in [2.45, 2.75) is 13.5 Å². The van der Waals surface area contributed by atoms with Crippen LogP contribution in [0.4, 0.5) is 4.39 Å². The predicted octanol–water partition coefficient (Wildman–Crippen LogP) is 3.57. The molecule has 0 aliphatic heterocycles. The Balaban J connectivity index is 2.15. The molecule has 0 aliphatic rings. The van der Waals surface area contributed by atoms with Gasteiger partial charge in [0.25, 0.3) is 0 Å². The topological polar surface area (TPSA) is 52.3 Å². The highest BCUT2D eigenvalue weighted by atomic mass is 79.9. The number of hydrogen-bond acceptors (Lipinski definition) is 2. The fourth-order valence-corrected chi connectivity index (χ4v) is 2.09. The van der Waals surface area contributed by atoms with Crippen LogP contribution in [-0.2, 0) is 6.61 Å². The molecule has 104 valence electrons. The molecule has 0 saturated carbocycles. The van der Waals surface area contributed by atoms with Gasteiger partial charge in [0.1, 0.15) is 6.61 Å². The molecule has 2 rings (SSSR count). The molecule has 2 N–H and O–H groups in total. The summed E-state index contributed by atoms with van der Waals surface area (Å²) in [4.78, 5) is 11.1. The van der Waals surface area contributed by atoms with Crippen LogP contribution in [0.5, 0.6) is 5.75 Å². The fraction of sp³-hybridized carbons (Fsp3) is 0.133. The predicted molar refractivity (Wildman–Crippen MR) is 78.1 cm³/mol. The van der Waals surface area contributed by atoms with E-state index in [-0.39, 0.29) is 12.4 Å². The third-order valence-electron chi connectivity index (χ3n) is 2.90. The highest BCUT2D eigenvalue weighted by Crippen LogP contribution is 2.23. The molecule has 1 amide bonds. The Hall–Kier alpha value is -1.88. The monoisotopic (exact) mass is 337 g/mol. The van der Waals surface area contributed by atoms with Gasteiger partial charge in [0, 0.05) is 10.0 Å². The Morgan fingerprint density at radius 2 is 2.05 bits per heavy atom. The van der Waals surface area contributed by atoms with E-state index in [0.29, 0.717) is 5.56 Å². The normalized spacial score (nSPS) is 10.3. The number of rotatable bonds is 4. The van der Waals surface area contributed by atoms with Gasteiger partial charge in [-0.1, -0.05) is 22.0 Å². The molecule has 0 atom stereocenters. The molecule has 0 aromatic heterocycles. The summed E-state index contributed by atoms with van der Waals surface area (Å²) in [7, 11) is 0. The summed E-state index contributed by atoms with van der Waals surface area (Å²) in [5.74, 6) is -0.712. The Bertz CT molecular complexity index is 658. The van der Waals surface area contributed by atoms with Gasteiger partial charge in [-0.2, -0.15) is 0 Å². The summed E-state index contributed by atoms with van der Waals surface area (Å²) in [5, 5.41) is 0. The number of amides is 1. The van der Waals surface area contributed by atoms with Crippen LogP contribution >= 0.6 is 15.9 Å². The van der Waals surface area contributed by atoms with Gasteiger partial charge in [-0.25, -0.2) is 4.39 Å². The molecule has 0 saturated heterocycles. The smallest absolute Gasteiger partial charge is 0.248 e. The second-order valence-electron chi connectivity index (χ2n) is 4.37. The van der Waals surface area contributed by atoms with Crippen molar-refractivity contribution in [2.75, 3.05) is 0 Å². The van der Waals surface area contributed by atoms with E-state index in [0.717, 1.165) is 15.6 Å². The summed E-state index contributed by atoms with van der Waals surface area (Å²) in [6, 6.07) is 9.59. The zero-order valence-corrected chi connectivity index (χ0v) is 12.4. The number of ether oxygens (including phenoxy) is 1. The summed E-state index contributed by atoms with van der Waals surface area (Å²) in [6.07, 6.45) is 0. The molecule has 5 heteroatoms. The SMILES string of the molecule is Cc1cc(C(N)=O)ccc1COc1cc(Br)ccc1F. The minimum Gasteiger partial charge on any atom is -0.486 e. The first-order chi connectivity index (χ1) is 9.47. The quantitative estimate of drug-likeness (QED) is 0.927. The van der Waals surface area contributed by atoms with Gasteiger partial charge in [0.15, 0.2) is 11.6 Å². The Kier molecular flexibility index (Phi) is 4.39. The van der Waals surface area contributed by atoms with Crippen LogP contribution in [0.2, 0.25) is 0 Å². The average molecular weight is 338 g/mol. The van der Waals surface area contributed by atoms with E-state index in [1.807, 2.05) is 6.92 Å². The fourth-order valence-electron chi connectivity index (χ4n) is 1.75. The first-order valence-corrected chi connectivity index (χ1v) is 6.74. The van der Waals surface area contributed by atoms with E-state index in [9.17, 15) is 9.18 Å². The van der Waals surface area contributed by atoms with Crippen molar-refractivity contribution in [1.29, 1.82) is 0 Å². The number of benzene rings is 2.